The quantitative estimate of drug-likeness (QED) is 0.862. The molecule has 0 bridgehead atoms. The number of pyridine rings is 1. The normalized spacial score (nSPS) is 12.1. The Morgan fingerprint density at radius 2 is 1.95 bits per heavy atom. The van der Waals surface area contributed by atoms with Crippen molar-refractivity contribution in [1.29, 1.82) is 0 Å². The van der Waals surface area contributed by atoms with Gasteiger partial charge in [-0.25, -0.2) is 0 Å². The molecule has 100 valence electrons. The van der Waals surface area contributed by atoms with Crippen molar-refractivity contribution in [2.75, 3.05) is 14.2 Å². The fourth-order valence-electron chi connectivity index (χ4n) is 2.25. The summed E-state index contributed by atoms with van der Waals surface area (Å²) in [4.78, 5) is 4.36. The second-order valence-electron chi connectivity index (χ2n) is 4.44. The van der Waals surface area contributed by atoms with E-state index in [1.54, 1.807) is 7.11 Å². The maximum atomic E-state index is 5.42. The van der Waals surface area contributed by atoms with Crippen molar-refractivity contribution in [2.24, 2.45) is 0 Å². The van der Waals surface area contributed by atoms with Crippen LogP contribution in [0.3, 0.4) is 0 Å². The van der Waals surface area contributed by atoms with Gasteiger partial charge in [0, 0.05) is 23.5 Å². The van der Waals surface area contributed by atoms with Gasteiger partial charge in [0.1, 0.15) is 5.75 Å². The van der Waals surface area contributed by atoms with E-state index in [0.717, 1.165) is 24.3 Å². The zero-order valence-corrected chi connectivity index (χ0v) is 11.5. The average molecular weight is 256 g/mol. The van der Waals surface area contributed by atoms with Crippen LogP contribution in [0.15, 0.2) is 48.7 Å². The van der Waals surface area contributed by atoms with Crippen molar-refractivity contribution in [3.05, 3.63) is 59.9 Å². The topological polar surface area (TPSA) is 34.2 Å². The van der Waals surface area contributed by atoms with Crippen LogP contribution in [0.5, 0.6) is 5.75 Å². The van der Waals surface area contributed by atoms with Crippen LogP contribution in [0.4, 0.5) is 0 Å². The van der Waals surface area contributed by atoms with Crippen LogP contribution in [-0.2, 0) is 6.42 Å². The zero-order chi connectivity index (χ0) is 13.5. The predicted octanol–water partition coefficient (Wildman–Crippen LogP) is 2.98. The van der Waals surface area contributed by atoms with E-state index >= 15 is 0 Å². The number of benzene rings is 1. The lowest BCUT2D eigenvalue weighted by Crippen LogP contribution is -2.18. The standard InChI is InChI=1S/C16H20N2O/c1-17-15(11-10-13-7-5-6-12-18-13)14-8-3-4-9-16(14)19-2/h3-9,12,15,17H,10-11H2,1-2H3. The lowest BCUT2D eigenvalue weighted by atomic mass is 10.00. The number of hydrogen-bond donors (Lipinski definition) is 1. The molecule has 1 unspecified atom stereocenters. The number of rotatable bonds is 6. The number of aromatic nitrogens is 1. The molecule has 1 N–H and O–H groups in total. The van der Waals surface area contributed by atoms with Crippen LogP contribution in [0.25, 0.3) is 0 Å². The highest BCUT2D eigenvalue weighted by Gasteiger charge is 2.13. The molecule has 0 aliphatic carbocycles. The third-order valence-electron chi connectivity index (χ3n) is 3.28. The molecule has 0 spiro atoms. The van der Waals surface area contributed by atoms with Crippen LogP contribution in [0.2, 0.25) is 0 Å². The number of methoxy groups -OCH3 is 1. The Balaban J connectivity index is 2.08. The highest BCUT2D eigenvalue weighted by molar-refractivity contribution is 5.35. The van der Waals surface area contributed by atoms with Gasteiger partial charge in [0.05, 0.1) is 7.11 Å². The van der Waals surface area contributed by atoms with E-state index in [1.807, 2.05) is 43.6 Å². The van der Waals surface area contributed by atoms with Gasteiger partial charge in [0.25, 0.3) is 0 Å². The molecule has 1 aromatic carbocycles. The van der Waals surface area contributed by atoms with Gasteiger partial charge in [-0.15, -0.1) is 0 Å². The fraction of sp³-hybridized carbons (Fsp3) is 0.312. The molecule has 3 heteroatoms. The van der Waals surface area contributed by atoms with Crippen molar-refractivity contribution in [3.8, 4) is 5.75 Å². The third-order valence-corrected chi connectivity index (χ3v) is 3.28. The Hall–Kier alpha value is -1.87. The minimum Gasteiger partial charge on any atom is -0.496 e. The molecule has 0 amide bonds. The summed E-state index contributed by atoms with van der Waals surface area (Å²) in [5.41, 5.74) is 2.32. The molecule has 2 rings (SSSR count). The summed E-state index contributed by atoms with van der Waals surface area (Å²) in [5.74, 6) is 0.933. The second-order valence-corrected chi connectivity index (χ2v) is 4.44. The van der Waals surface area contributed by atoms with Gasteiger partial charge < -0.3 is 10.1 Å². The maximum Gasteiger partial charge on any atom is 0.123 e. The first-order valence-corrected chi connectivity index (χ1v) is 6.55. The molecule has 2 aromatic rings. The van der Waals surface area contributed by atoms with Crippen molar-refractivity contribution in [2.45, 2.75) is 18.9 Å². The molecule has 1 heterocycles. The molecular weight excluding hydrogens is 236 g/mol. The Morgan fingerprint density at radius 1 is 1.16 bits per heavy atom. The van der Waals surface area contributed by atoms with Crippen LogP contribution in [-0.4, -0.2) is 19.1 Å². The van der Waals surface area contributed by atoms with E-state index in [9.17, 15) is 0 Å². The van der Waals surface area contributed by atoms with Crippen LogP contribution >= 0.6 is 0 Å². The van der Waals surface area contributed by atoms with Crippen molar-refractivity contribution in [3.63, 3.8) is 0 Å². The molecule has 0 radical (unpaired) electrons. The molecule has 19 heavy (non-hydrogen) atoms. The highest BCUT2D eigenvalue weighted by atomic mass is 16.5. The lowest BCUT2D eigenvalue weighted by Gasteiger charge is -2.19. The van der Waals surface area contributed by atoms with Crippen LogP contribution in [0, 0.1) is 0 Å². The maximum absolute atomic E-state index is 5.42. The van der Waals surface area contributed by atoms with Gasteiger partial charge in [0.15, 0.2) is 0 Å². The number of hydrogen-bond acceptors (Lipinski definition) is 3. The summed E-state index contributed by atoms with van der Waals surface area (Å²) in [6.45, 7) is 0. The van der Waals surface area contributed by atoms with Crippen molar-refractivity contribution < 1.29 is 4.74 Å². The lowest BCUT2D eigenvalue weighted by molar-refractivity contribution is 0.398. The number of para-hydroxylation sites is 1. The van der Waals surface area contributed by atoms with Gasteiger partial charge in [-0.1, -0.05) is 24.3 Å². The Bertz CT molecular complexity index is 499. The number of nitrogens with zero attached hydrogens (tertiary/aromatic N) is 1. The Kier molecular flexibility index (Phi) is 4.93. The van der Waals surface area contributed by atoms with E-state index in [2.05, 4.69) is 22.4 Å². The van der Waals surface area contributed by atoms with Gasteiger partial charge in [0.2, 0.25) is 0 Å². The highest BCUT2D eigenvalue weighted by Crippen LogP contribution is 2.27. The molecular formula is C16H20N2O. The molecule has 1 aromatic heterocycles. The molecule has 0 saturated carbocycles. The van der Waals surface area contributed by atoms with Crippen LogP contribution in [0.1, 0.15) is 23.7 Å². The third kappa shape index (κ3) is 3.55. The van der Waals surface area contributed by atoms with E-state index in [1.165, 1.54) is 5.56 Å². The first kappa shape index (κ1) is 13.6. The first-order valence-electron chi connectivity index (χ1n) is 6.55. The summed E-state index contributed by atoms with van der Waals surface area (Å²) in [7, 11) is 3.69. The molecule has 3 nitrogen and oxygen atoms in total. The van der Waals surface area contributed by atoms with E-state index in [-0.39, 0.29) is 6.04 Å². The van der Waals surface area contributed by atoms with Crippen molar-refractivity contribution >= 4 is 0 Å². The zero-order valence-electron chi connectivity index (χ0n) is 11.5. The summed E-state index contributed by atoms with van der Waals surface area (Å²) >= 11 is 0. The van der Waals surface area contributed by atoms with Crippen LogP contribution < -0.4 is 10.1 Å². The predicted molar refractivity (Wildman–Crippen MR) is 77.4 cm³/mol. The van der Waals surface area contributed by atoms with E-state index < -0.39 is 0 Å². The molecule has 0 aliphatic heterocycles. The first-order chi connectivity index (χ1) is 9.35. The number of nitrogens with one attached hydrogen (secondary N) is 1. The monoisotopic (exact) mass is 256 g/mol. The van der Waals surface area contributed by atoms with E-state index in [0.29, 0.717) is 0 Å². The van der Waals surface area contributed by atoms with E-state index in [4.69, 9.17) is 4.74 Å². The SMILES string of the molecule is CNC(CCc1ccccn1)c1ccccc1OC. The fourth-order valence-corrected chi connectivity index (χ4v) is 2.25. The minimum atomic E-state index is 0.276. The average Bonchev–Trinajstić information content (AvgIpc) is 2.49. The summed E-state index contributed by atoms with van der Waals surface area (Å²) in [6, 6.07) is 14.5. The smallest absolute Gasteiger partial charge is 0.123 e. The van der Waals surface area contributed by atoms with Gasteiger partial charge in [-0.2, -0.15) is 0 Å². The molecule has 1 atom stereocenters. The molecule has 0 saturated heterocycles. The second kappa shape index (κ2) is 6.90. The summed E-state index contributed by atoms with van der Waals surface area (Å²) < 4.78 is 5.42. The Morgan fingerprint density at radius 3 is 2.63 bits per heavy atom. The Labute approximate surface area is 114 Å². The van der Waals surface area contributed by atoms with Gasteiger partial charge in [-0.05, 0) is 38.1 Å². The number of ether oxygens (including phenoxy) is 1. The van der Waals surface area contributed by atoms with Gasteiger partial charge in [-0.3, -0.25) is 4.98 Å². The van der Waals surface area contributed by atoms with Crippen molar-refractivity contribution in [1.82, 2.24) is 10.3 Å². The largest absolute Gasteiger partial charge is 0.496 e. The molecule has 0 fully saturated rings. The summed E-state index contributed by atoms with van der Waals surface area (Å²) in [5, 5.41) is 3.36. The number of aryl methyl sites for hydroxylation is 1. The minimum absolute atomic E-state index is 0.276. The molecule has 0 aliphatic rings. The summed E-state index contributed by atoms with van der Waals surface area (Å²) in [6.07, 6.45) is 3.78. The van der Waals surface area contributed by atoms with Gasteiger partial charge >= 0.3 is 0 Å².